The van der Waals surface area contributed by atoms with Gasteiger partial charge in [-0.2, -0.15) is 0 Å². The molecule has 1 aromatic heterocycles. The molecule has 0 aliphatic heterocycles. The fourth-order valence-corrected chi connectivity index (χ4v) is 3.37. The second-order valence-electron chi connectivity index (χ2n) is 5.10. The number of aromatic amines is 1. The standard InChI is InChI=1S/C16H17N3O4S/c1-22-15-6-4-12(8-16(15)23-2)24(20,21)19-9-11-3-5-13-14(7-11)18-10-17-13/h3-8,10,19H,9H2,1-2H3,(H,17,18). The van der Waals surface area contributed by atoms with Gasteiger partial charge < -0.3 is 14.5 Å². The summed E-state index contributed by atoms with van der Waals surface area (Å²) in [5.41, 5.74) is 2.52. The lowest BCUT2D eigenvalue weighted by atomic mass is 10.2. The summed E-state index contributed by atoms with van der Waals surface area (Å²) >= 11 is 0. The number of aromatic nitrogens is 2. The van der Waals surface area contributed by atoms with Gasteiger partial charge in [0, 0.05) is 12.6 Å². The molecule has 2 N–H and O–H groups in total. The van der Waals surface area contributed by atoms with E-state index in [0.29, 0.717) is 11.5 Å². The lowest BCUT2D eigenvalue weighted by molar-refractivity contribution is 0.354. The van der Waals surface area contributed by atoms with Crippen molar-refractivity contribution in [1.82, 2.24) is 14.7 Å². The van der Waals surface area contributed by atoms with Crippen LogP contribution in [0.25, 0.3) is 11.0 Å². The monoisotopic (exact) mass is 347 g/mol. The van der Waals surface area contributed by atoms with Gasteiger partial charge in [0.15, 0.2) is 11.5 Å². The van der Waals surface area contributed by atoms with Crippen molar-refractivity contribution in [1.29, 1.82) is 0 Å². The molecule has 0 unspecified atom stereocenters. The minimum Gasteiger partial charge on any atom is -0.493 e. The van der Waals surface area contributed by atoms with Crippen molar-refractivity contribution < 1.29 is 17.9 Å². The molecule has 0 saturated carbocycles. The zero-order valence-electron chi connectivity index (χ0n) is 13.2. The lowest BCUT2D eigenvalue weighted by Gasteiger charge is -2.11. The van der Waals surface area contributed by atoms with Crippen LogP contribution in [0.15, 0.2) is 47.6 Å². The summed E-state index contributed by atoms with van der Waals surface area (Å²) < 4.78 is 37.8. The van der Waals surface area contributed by atoms with Crippen LogP contribution in [0.3, 0.4) is 0 Å². The van der Waals surface area contributed by atoms with E-state index in [4.69, 9.17) is 9.47 Å². The van der Waals surface area contributed by atoms with Gasteiger partial charge in [0.1, 0.15) is 0 Å². The average molecular weight is 347 g/mol. The Morgan fingerprint density at radius 3 is 2.62 bits per heavy atom. The smallest absolute Gasteiger partial charge is 0.241 e. The highest BCUT2D eigenvalue weighted by Gasteiger charge is 2.17. The van der Waals surface area contributed by atoms with Crippen molar-refractivity contribution in [3.63, 3.8) is 0 Å². The number of benzene rings is 2. The molecule has 24 heavy (non-hydrogen) atoms. The van der Waals surface area contributed by atoms with Gasteiger partial charge in [-0.25, -0.2) is 18.1 Å². The van der Waals surface area contributed by atoms with Gasteiger partial charge in [-0.3, -0.25) is 0 Å². The van der Waals surface area contributed by atoms with E-state index in [-0.39, 0.29) is 11.4 Å². The highest BCUT2D eigenvalue weighted by Crippen LogP contribution is 2.29. The molecule has 1 heterocycles. The number of hydrogen-bond acceptors (Lipinski definition) is 5. The third-order valence-electron chi connectivity index (χ3n) is 3.62. The number of ether oxygens (including phenoxy) is 2. The fraction of sp³-hybridized carbons (Fsp3) is 0.188. The summed E-state index contributed by atoms with van der Waals surface area (Å²) in [6.45, 7) is 0.172. The fourth-order valence-electron chi connectivity index (χ4n) is 2.34. The molecule has 7 nitrogen and oxygen atoms in total. The first-order valence-corrected chi connectivity index (χ1v) is 8.65. The summed E-state index contributed by atoms with van der Waals surface area (Å²) in [6.07, 6.45) is 1.60. The molecule has 3 aromatic rings. The van der Waals surface area contributed by atoms with Gasteiger partial charge >= 0.3 is 0 Å². The molecule has 0 bridgehead atoms. The van der Waals surface area contributed by atoms with Crippen molar-refractivity contribution in [2.75, 3.05) is 14.2 Å². The number of imidazole rings is 1. The molecule has 0 aliphatic carbocycles. The Hall–Kier alpha value is -2.58. The van der Waals surface area contributed by atoms with Crippen LogP contribution < -0.4 is 14.2 Å². The van der Waals surface area contributed by atoms with Crippen LogP contribution in [-0.2, 0) is 16.6 Å². The maximum absolute atomic E-state index is 12.5. The third-order valence-corrected chi connectivity index (χ3v) is 5.02. The van der Waals surface area contributed by atoms with Gasteiger partial charge in [-0.15, -0.1) is 0 Å². The summed E-state index contributed by atoms with van der Waals surface area (Å²) in [7, 11) is -0.712. The number of fused-ring (bicyclic) bond motifs is 1. The Bertz CT molecular complexity index is 966. The van der Waals surface area contributed by atoms with Crippen molar-refractivity contribution in [3.8, 4) is 11.5 Å². The molecule has 8 heteroatoms. The minimum absolute atomic E-state index is 0.114. The number of sulfonamides is 1. The Morgan fingerprint density at radius 1 is 1.08 bits per heavy atom. The minimum atomic E-state index is -3.67. The van der Waals surface area contributed by atoms with Crippen LogP contribution in [0, 0.1) is 0 Å². The Balaban J connectivity index is 1.80. The second-order valence-corrected chi connectivity index (χ2v) is 6.86. The van der Waals surface area contributed by atoms with Crippen LogP contribution in [0.2, 0.25) is 0 Å². The summed E-state index contributed by atoms with van der Waals surface area (Å²) in [5, 5.41) is 0. The van der Waals surface area contributed by atoms with Crippen LogP contribution in [0.4, 0.5) is 0 Å². The van der Waals surface area contributed by atoms with E-state index in [1.807, 2.05) is 18.2 Å². The van der Waals surface area contributed by atoms with Crippen molar-refractivity contribution in [2.45, 2.75) is 11.4 Å². The van der Waals surface area contributed by atoms with Crippen LogP contribution >= 0.6 is 0 Å². The van der Waals surface area contributed by atoms with Crippen LogP contribution in [-0.4, -0.2) is 32.6 Å². The number of hydrogen-bond donors (Lipinski definition) is 2. The summed E-state index contributed by atoms with van der Waals surface area (Å²) in [5.74, 6) is 0.834. The highest BCUT2D eigenvalue weighted by atomic mass is 32.2. The molecule has 0 amide bonds. The van der Waals surface area contributed by atoms with Gasteiger partial charge in [0.05, 0.1) is 36.5 Å². The van der Waals surface area contributed by atoms with Crippen LogP contribution in [0.1, 0.15) is 5.56 Å². The zero-order valence-corrected chi connectivity index (χ0v) is 14.1. The normalized spacial score (nSPS) is 11.6. The quantitative estimate of drug-likeness (QED) is 0.712. The maximum Gasteiger partial charge on any atom is 0.241 e. The molecule has 0 fully saturated rings. The molecule has 126 valence electrons. The molecule has 0 atom stereocenters. The third kappa shape index (κ3) is 3.19. The number of nitrogens with one attached hydrogen (secondary N) is 2. The Kier molecular flexibility index (Phi) is 4.41. The number of rotatable bonds is 6. The number of H-pyrrole nitrogens is 1. The maximum atomic E-state index is 12.5. The summed E-state index contributed by atoms with van der Waals surface area (Å²) in [6, 6.07) is 10.00. The first-order chi connectivity index (χ1) is 11.5. The second kappa shape index (κ2) is 6.50. The van der Waals surface area contributed by atoms with E-state index in [1.54, 1.807) is 12.4 Å². The Morgan fingerprint density at radius 2 is 1.88 bits per heavy atom. The van der Waals surface area contributed by atoms with E-state index in [9.17, 15) is 8.42 Å². The van der Waals surface area contributed by atoms with E-state index >= 15 is 0 Å². The molecule has 0 radical (unpaired) electrons. The van der Waals surface area contributed by atoms with Crippen molar-refractivity contribution in [2.24, 2.45) is 0 Å². The largest absolute Gasteiger partial charge is 0.493 e. The number of methoxy groups -OCH3 is 2. The van der Waals surface area contributed by atoms with Gasteiger partial charge in [0.25, 0.3) is 0 Å². The van der Waals surface area contributed by atoms with E-state index < -0.39 is 10.0 Å². The first kappa shape index (κ1) is 16.3. The molecular formula is C16H17N3O4S. The van der Waals surface area contributed by atoms with Gasteiger partial charge in [0.2, 0.25) is 10.0 Å². The number of nitrogens with zero attached hydrogens (tertiary/aromatic N) is 1. The first-order valence-electron chi connectivity index (χ1n) is 7.17. The topological polar surface area (TPSA) is 93.3 Å². The van der Waals surface area contributed by atoms with Crippen molar-refractivity contribution >= 4 is 21.1 Å². The van der Waals surface area contributed by atoms with E-state index in [0.717, 1.165) is 16.6 Å². The highest BCUT2D eigenvalue weighted by molar-refractivity contribution is 7.89. The Labute approximate surface area is 139 Å². The zero-order chi connectivity index (χ0) is 17.2. The molecule has 0 saturated heterocycles. The predicted octanol–water partition coefficient (Wildman–Crippen LogP) is 2.06. The predicted molar refractivity (Wildman–Crippen MR) is 89.7 cm³/mol. The van der Waals surface area contributed by atoms with Crippen molar-refractivity contribution in [3.05, 3.63) is 48.3 Å². The molecular weight excluding hydrogens is 330 g/mol. The lowest BCUT2D eigenvalue weighted by Crippen LogP contribution is -2.23. The molecule has 0 spiro atoms. The molecule has 3 rings (SSSR count). The van der Waals surface area contributed by atoms with Gasteiger partial charge in [-0.1, -0.05) is 6.07 Å². The van der Waals surface area contributed by atoms with Crippen LogP contribution in [0.5, 0.6) is 11.5 Å². The average Bonchev–Trinajstić information content (AvgIpc) is 3.07. The SMILES string of the molecule is COc1ccc(S(=O)(=O)NCc2ccc3nc[nH]c3c2)cc1OC. The summed E-state index contributed by atoms with van der Waals surface area (Å²) in [4.78, 5) is 7.24. The van der Waals surface area contributed by atoms with E-state index in [2.05, 4.69) is 14.7 Å². The van der Waals surface area contributed by atoms with E-state index in [1.165, 1.54) is 26.4 Å². The van der Waals surface area contributed by atoms with Gasteiger partial charge in [-0.05, 0) is 29.8 Å². The molecule has 2 aromatic carbocycles. The molecule has 0 aliphatic rings.